The van der Waals surface area contributed by atoms with E-state index in [2.05, 4.69) is 5.32 Å². The molecule has 0 aliphatic rings. The minimum atomic E-state index is -0.466. The summed E-state index contributed by atoms with van der Waals surface area (Å²) in [6.07, 6.45) is 0. The lowest BCUT2D eigenvalue weighted by atomic mass is 10.1. The van der Waals surface area contributed by atoms with Crippen LogP contribution in [0.4, 0.5) is 11.4 Å². The number of anilines is 1. The smallest absolute Gasteiger partial charge is 0.270 e. The highest BCUT2D eigenvalue weighted by Gasteiger charge is 2.11. The molecule has 92 valence electrons. The number of rotatable bonds is 2. The summed E-state index contributed by atoms with van der Waals surface area (Å²) in [5.41, 5.74) is 0.468. The van der Waals surface area contributed by atoms with E-state index in [-0.39, 0.29) is 11.6 Å². The average molecular weight is 265 g/mol. The van der Waals surface area contributed by atoms with Gasteiger partial charge in [0.2, 0.25) is 5.91 Å². The first-order chi connectivity index (χ1) is 8.49. The van der Waals surface area contributed by atoms with Gasteiger partial charge >= 0.3 is 0 Å². The number of carbonyl (C=O) groups is 1. The topological polar surface area (TPSA) is 72.2 Å². The number of amides is 1. The Morgan fingerprint density at radius 3 is 2.67 bits per heavy atom. The molecule has 2 aromatic carbocycles. The fraction of sp³-hybridized carbons (Fsp3) is 0.0833. The Hall–Kier alpha value is -2.14. The lowest BCUT2D eigenvalue weighted by Crippen LogP contribution is -2.06. The maximum absolute atomic E-state index is 11.1. The molecule has 0 fully saturated rings. The highest BCUT2D eigenvalue weighted by molar-refractivity contribution is 6.35. The number of nitrogens with one attached hydrogen (secondary N) is 1. The molecule has 0 radical (unpaired) electrons. The average Bonchev–Trinajstić information content (AvgIpc) is 2.31. The first-order valence-electron chi connectivity index (χ1n) is 5.13. The molecule has 0 spiro atoms. The summed E-state index contributed by atoms with van der Waals surface area (Å²) < 4.78 is 0. The zero-order chi connectivity index (χ0) is 13.3. The molecule has 5 nitrogen and oxygen atoms in total. The molecular weight excluding hydrogens is 256 g/mol. The maximum atomic E-state index is 11.1. The van der Waals surface area contributed by atoms with Crippen LogP contribution >= 0.6 is 11.6 Å². The van der Waals surface area contributed by atoms with E-state index >= 15 is 0 Å². The van der Waals surface area contributed by atoms with Crippen LogP contribution in [0.5, 0.6) is 0 Å². The van der Waals surface area contributed by atoms with Gasteiger partial charge in [-0.15, -0.1) is 0 Å². The molecule has 18 heavy (non-hydrogen) atoms. The predicted octanol–water partition coefficient (Wildman–Crippen LogP) is 3.36. The Labute approximate surface area is 108 Å². The highest BCUT2D eigenvalue weighted by Crippen LogP contribution is 2.33. The number of halogens is 1. The second-order valence-electron chi connectivity index (χ2n) is 3.77. The van der Waals surface area contributed by atoms with Crippen molar-refractivity contribution < 1.29 is 9.72 Å². The molecular formula is C12H9ClN2O3. The minimum Gasteiger partial charge on any atom is -0.325 e. The van der Waals surface area contributed by atoms with Crippen LogP contribution in [0.15, 0.2) is 30.3 Å². The van der Waals surface area contributed by atoms with Gasteiger partial charge in [0.25, 0.3) is 5.69 Å². The van der Waals surface area contributed by atoms with Crippen LogP contribution in [0.25, 0.3) is 10.8 Å². The van der Waals surface area contributed by atoms with Crippen molar-refractivity contribution in [2.45, 2.75) is 6.92 Å². The molecule has 0 unspecified atom stereocenters. The van der Waals surface area contributed by atoms with Crippen molar-refractivity contribution in [1.82, 2.24) is 0 Å². The summed E-state index contributed by atoms with van der Waals surface area (Å²) >= 11 is 6.00. The molecule has 0 aromatic heterocycles. The molecule has 0 bridgehead atoms. The largest absolute Gasteiger partial charge is 0.325 e. The van der Waals surface area contributed by atoms with Gasteiger partial charge in [-0.05, 0) is 17.5 Å². The lowest BCUT2D eigenvalue weighted by molar-refractivity contribution is -0.384. The number of hydrogen-bond donors (Lipinski definition) is 1. The maximum Gasteiger partial charge on any atom is 0.270 e. The van der Waals surface area contributed by atoms with E-state index in [1.807, 2.05) is 0 Å². The molecule has 2 rings (SSSR count). The molecule has 0 aliphatic carbocycles. The summed E-state index contributed by atoms with van der Waals surface area (Å²) in [5.74, 6) is -0.247. The number of benzene rings is 2. The SMILES string of the molecule is CC(=O)Nc1c(Cl)ccc2cc([N+](=O)[O-])ccc12. The first-order valence-corrected chi connectivity index (χ1v) is 5.51. The number of fused-ring (bicyclic) bond motifs is 1. The quantitative estimate of drug-likeness (QED) is 0.668. The number of non-ortho nitro benzene ring substituents is 1. The normalized spacial score (nSPS) is 10.3. The van der Waals surface area contributed by atoms with Crippen molar-refractivity contribution in [2.75, 3.05) is 5.32 Å². The summed E-state index contributed by atoms with van der Waals surface area (Å²) in [5, 5.41) is 15.0. The third-order valence-corrected chi connectivity index (χ3v) is 2.78. The molecule has 6 heteroatoms. The number of nitro benzene ring substituents is 1. The van der Waals surface area contributed by atoms with Crippen LogP contribution in [0.1, 0.15) is 6.92 Å². The Morgan fingerprint density at radius 1 is 1.33 bits per heavy atom. The third-order valence-electron chi connectivity index (χ3n) is 2.46. The zero-order valence-electron chi connectivity index (χ0n) is 9.44. The summed E-state index contributed by atoms with van der Waals surface area (Å²) in [6.45, 7) is 1.38. The van der Waals surface area contributed by atoms with Gasteiger partial charge in [0.1, 0.15) is 0 Å². The first kappa shape index (κ1) is 12.3. The van der Waals surface area contributed by atoms with E-state index in [0.29, 0.717) is 21.5 Å². The number of carbonyl (C=O) groups excluding carboxylic acids is 1. The summed E-state index contributed by atoms with van der Waals surface area (Å²) in [6, 6.07) is 7.67. The van der Waals surface area contributed by atoms with Crippen molar-refractivity contribution in [1.29, 1.82) is 0 Å². The van der Waals surface area contributed by atoms with Gasteiger partial charge in [-0.1, -0.05) is 17.7 Å². The van der Waals surface area contributed by atoms with Crippen molar-refractivity contribution in [3.05, 3.63) is 45.5 Å². The Kier molecular flexibility index (Phi) is 3.16. The van der Waals surface area contributed by atoms with Gasteiger partial charge in [0.15, 0.2) is 0 Å². The van der Waals surface area contributed by atoms with Crippen LogP contribution < -0.4 is 5.32 Å². The minimum absolute atomic E-state index is 0.00130. The van der Waals surface area contributed by atoms with Crippen molar-refractivity contribution in [3.8, 4) is 0 Å². The number of nitro groups is 1. The van der Waals surface area contributed by atoms with Crippen LogP contribution in [-0.4, -0.2) is 10.8 Å². The predicted molar refractivity (Wildman–Crippen MR) is 69.9 cm³/mol. The summed E-state index contributed by atoms with van der Waals surface area (Å²) in [4.78, 5) is 21.3. The van der Waals surface area contributed by atoms with E-state index in [0.717, 1.165) is 0 Å². The van der Waals surface area contributed by atoms with Crippen molar-refractivity contribution >= 4 is 39.7 Å². The fourth-order valence-electron chi connectivity index (χ4n) is 1.71. The Balaban J connectivity index is 2.66. The van der Waals surface area contributed by atoms with Crippen LogP contribution in [-0.2, 0) is 4.79 Å². The number of hydrogen-bond acceptors (Lipinski definition) is 3. The van der Waals surface area contributed by atoms with Gasteiger partial charge in [0.05, 0.1) is 15.6 Å². The molecule has 0 atom stereocenters. The second kappa shape index (κ2) is 4.62. The van der Waals surface area contributed by atoms with Crippen molar-refractivity contribution in [3.63, 3.8) is 0 Å². The van der Waals surface area contributed by atoms with E-state index in [9.17, 15) is 14.9 Å². The third kappa shape index (κ3) is 2.26. The number of nitrogens with zero attached hydrogens (tertiary/aromatic N) is 1. The molecule has 1 amide bonds. The van der Waals surface area contributed by atoms with Crippen LogP contribution in [0, 0.1) is 10.1 Å². The van der Waals surface area contributed by atoms with E-state index in [1.165, 1.54) is 19.1 Å². The monoisotopic (exact) mass is 264 g/mol. The van der Waals surface area contributed by atoms with Gasteiger partial charge in [-0.25, -0.2) is 0 Å². The van der Waals surface area contributed by atoms with Gasteiger partial charge in [0, 0.05) is 24.4 Å². The Morgan fingerprint density at radius 2 is 2.06 bits per heavy atom. The molecule has 2 aromatic rings. The second-order valence-corrected chi connectivity index (χ2v) is 4.17. The summed E-state index contributed by atoms with van der Waals surface area (Å²) in [7, 11) is 0. The van der Waals surface area contributed by atoms with Crippen LogP contribution in [0.2, 0.25) is 5.02 Å². The van der Waals surface area contributed by atoms with E-state index in [1.54, 1.807) is 18.2 Å². The van der Waals surface area contributed by atoms with Crippen LogP contribution in [0.3, 0.4) is 0 Å². The molecule has 0 aliphatic heterocycles. The molecule has 0 saturated heterocycles. The molecule has 0 saturated carbocycles. The van der Waals surface area contributed by atoms with Gasteiger partial charge in [-0.2, -0.15) is 0 Å². The van der Waals surface area contributed by atoms with Gasteiger partial charge in [-0.3, -0.25) is 14.9 Å². The fourth-order valence-corrected chi connectivity index (χ4v) is 1.92. The highest BCUT2D eigenvalue weighted by atomic mass is 35.5. The zero-order valence-corrected chi connectivity index (χ0v) is 10.2. The molecule has 1 N–H and O–H groups in total. The van der Waals surface area contributed by atoms with E-state index in [4.69, 9.17) is 11.6 Å². The van der Waals surface area contributed by atoms with E-state index < -0.39 is 4.92 Å². The standard InChI is InChI=1S/C12H9ClN2O3/c1-7(16)14-12-10-4-3-9(15(17)18)6-8(10)2-5-11(12)13/h2-6H,1H3,(H,14,16). The van der Waals surface area contributed by atoms with Gasteiger partial charge < -0.3 is 5.32 Å². The molecule has 0 heterocycles. The Bertz CT molecular complexity index is 655. The lowest BCUT2D eigenvalue weighted by Gasteiger charge is -2.09. The van der Waals surface area contributed by atoms with Crippen molar-refractivity contribution in [2.24, 2.45) is 0 Å².